The number of thioether (sulfide) groups is 1. The van der Waals surface area contributed by atoms with E-state index in [1.807, 2.05) is 23.1 Å². The van der Waals surface area contributed by atoms with E-state index in [0.29, 0.717) is 5.75 Å². The molecule has 2 aliphatic heterocycles. The minimum atomic E-state index is 0.138. The molecule has 5 heteroatoms. The van der Waals surface area contributed by atoms with E-state index in [0.717, 1.165) is 30.8 Å². The number of rotatable bonds is 6. The average Bonchev–Trinajstić information content (AvgIpc) is 2.97. The summed E-state index contributed by atoms with van der Waals surface area (Å²) in [5.74, 6) is 1.71. The number of carbonyl (C=O) groups is 1. The summed E-state index contributed by atoms with van der Waals surface area (Å²) in [6.45, 7) is 4.41. The number of likely N-dealkylation sites (tertiary alicyclic amines) is 1. The van der Waals surface area contributed by atoms with E-state index < -0.39 is 0 Å². The van der Waals surface area contributed by atoms with Gasteiger partial charge in [0.05, 0.1) is 12.9 Å². The molecule has 1 amide bonds. The zero-order chi connectivity index (χ0) is 16.1. The van der Waals surface area contributed by atoms with Crippen molar-refractivity contribution in [3.05, 3.63) is 29.8 Å². The van der Waals surface area contributed by atoms with Crippen molar-refractivity contribution in [1.82, 2.24) is 9.80 Å². The Morgan fingerprint density at radius 1 is 1.22 bits per heavy atom. The Bertz CT molecular complexity index is 532. The van der Waals surface area contributed by atoms with Crippen molar-refractivity contribution in [1.29, 1.82) is 0 Å². The van der Waals surface area contributed by atoms with E-state index >= 15 is 0 Å². The second-order valence-electron chi connectivity index (χ2n) is 6.28. The highest BCUT2D eigenvalue weighted by Gasteiger charge is 2.32. The van der Waals surface area contributed by atoms with Gasteiger partial charge in [0.15, 0.2) is 0 Å². The van der Waals surface area contributed by atoms with Crippen LogP contribution in [0.1, 0.15) is 36.6 Å². The van der Waals surface area contributed by atoms with Crippen molar-refractivity contribution in [2.45, 2.75) is 31.1 Å². The van der Waals surface area contributed by atoms with E-state index in [1.54, 1.807) is 18.9 Å². The van der Waals surface area contributed by atoms with E-state index in [2.05, 4.69) is 11.0 Å². The third kappa shape index (κ3) is 4.21. The Hall–Kier alpha value is -1.20. The van der Waals surface area contributed by atoms with Crippen molar-refractivity contribution >= 4 is 17.7 Å². The van der Waals surface area contributed by atoms with Gasteiger partial charge in [-0.2, -0.15) is 0 Å². The van der Waals surface area contributed by atoms with Gasteiger partial charge in [-0.25, -0.2) is 0 Å². The van der Waals surface area contributed by atoms with E-state index in [-0.39, 0.29) is 11.3 Å². The molecule has 23 heavy (non-hydrogen) atoms. The zero-order valence-electron chi connectivity index (χ0n) is 13.9. The van der Waals surface area contributed by atoms with E-state index in [4.69, 9.17) is 4.74 Å². The Labute approximate surface area is 143 Å². The van der Waals surface area contributed by atoms with E-state index in [9.17, 15) is 4.79 Å². The molecular formula is C18H26N2O2S. The van der Waals surface area contributed by atoms with Gasteiger partial charge >= 0.3 is 0 Å². The lowest BCUT2D eigenvalue weighted by molar-refractivity contribution is -0.128. The predicted molar refractivity (Wildman–Crippen MR) is 94.8 cm³/mol. The maximum absolute atomic E-state index is 12.3. The van der Waals surface area contributed by atoms with Gasteiger partial charge < -0.3 is 14.5 Å². The summed E-state index contributed by atoms with van der Waals surface area (Å²) in [6.07, 6.45) is 5.08. The monoisotopic (exact) mass is 334 g/mol. The molecule has 0 bridgehead atoms. The number of nitrogens with zero attached hydrogens (tertiary/aromatic N) is 2. The van der Waals surface area contributed by atoms with Crippen LogP contribution >= 0.6 is 11.8 Å². The minimum Gasteiger partial charge on any atom is -0.497 e. The molecule has 2 heterocycles. The fraction of sp³-hybridized carbons (Fsp3) is 0.611. The summed E-state index contributed by atoms with van der Waals surface area (Å²) < 4.78 is 5.32. The summed E-state index contributed by atoms with van der Waals surface area (Å²) >= 11 is 1.72. The van der Waals surface area contributed by atoms with Gasteiger partial charge in [0.2, 0.25) is 5.91 Å². The second-order valence-corrected chi connectivity index (χ2v) is 7.35. The molecule has 0 N–H and O–H groups in total. The van der Waals surface area contributed by atoms with Crippen LogP contribution in [-0.2, 0) is 4.79 Å². The van der Waals surface area contributed by atoms with Crippen LogP contribution in [0.5, 0.6) is 5.75 Å². The summed E-state index contributed by atoms with van der Waals surface area (Å²) in [4.78, 5) is 16.8. The van der Waals surface area contributed by atoms with Crippen LogP contribution in [0.2, 0.25) is 0 Å². The summed E-state index contributed by atoms with van der Waals surface area (Å²) in [5, 5.41) is 0.138. The molecule has 2 fully saturated rings. The number of benzene rings is 1. The molecule has 0 saturated carbocycles. The normalized spacial score (nSPS) is 22.6. The van der Waals surface area contributed by atoms with Crippen LogP contribution in [0.4, 0.5) is 0 Å². The molecule has 2 saturated heterocycles. The molecule has 126 valence electrons. The number of hydrogen-bond donors (Lipinski definition) is 0. The molecule has 3 rings (SSSR count). The van der Waals surface area contributed by atoms with Crippen LogP contribution in [0.15, 0.2) is 24.3 Å². The quantitative estimate of drug-likeness (QED) is 0.800. The van der Waals surface area contributed by atoms with Gasteiger partial charge in [-0.1, -0.05) is 18.6 Å². The van der Waals surface area contributed by atoms with Crippen molar-refractivity contribution in [2.24, 2.45) is 0 Å². The Morgan fingerprint density at radius 3 is 2.83 bits per heavy atom. The summed E-state index contributed by atoms with van der Waals surface area (Å²) in [7, 11) is 1.68. The molecule has 0 aromatic heterocycles. The molecule has 0 aliphatic carbocycles. The molecule has 1 aromatic rings. The highest BCUT2D eigenvalue weighted by Crippen LogP contribution is 2.39. The van der Waals surface area contributed by atoms with Gasteiger partial charge in [0.25, 0.3) is 0 Å². The van der Waals surface area contributed by atoms with Crippen molar-refractivity contribution in [2.75, 3.05) is 39.0 Å². The SMILES string of the molecule is COc1cccc(C2SCC(=O)N2CCCN2CCCCC2)c1. The maximum Gasteiger partial charge on any atom is 0.233 e. The topological polar surface area (TPSA) is 32.8 Å². The number of piperidine rings is 1. The molecule has 1 aromatic carbocycles. The first kappa shape index (κ1) is 16.7. The lowest BCUT2D eigenvalue weighted by Crippen LogP contribution is -2.34. The van der Waals surface area contributed by atoms with Crippen molar-refractivity contribution < 1.29 is 9.53 Å². The maximum atomic E-state index is 12.3. The number of methoxy groups -OCH3 is 1. The number of carbonyl (C=O) groups excluding carboxylic acids is 1. The predicted octanol–water partition coefficient (Wildman–Crippen LogP) is 3.15. The van der Waals surface area contributed by atoms with Crippen LogP contribution in [0, 0.1) is 0 Å². The highest BCUT2D eigenvalue weighted by atomic mass is 32.2. The van der Waals surface area contributed by atoms with Crippen molar-refractivity contribution in [3.8, 4) is 5.75 Å². The minimum absolute atomic E-state index is 0.138. The molecule has 1 atom stereocenters. The van der Waals surface area contributed by atoms with Gasteiger partial charge in [-0.3, -0.25) is 4.79 Å². The third-order valence-electron chi connectivity index (χ3n) is 4.67. The van der Waals surface area contributed by atoms with Crippen LogP contribution in [-0.4, -0.2) is 54.7 Å². The molecule has 4 nitrogen and oxygen atoms in total. The third-order valence-corrected chi connectivity index (χ3v) is 5.93. The lowest BCUT2D eigenvalue weighted by Gasteiger charge is -2.29. The standard InChI is InChI=1S/C18H26N2O2S/c1-22-16-8-5-7-15(13-16)18-20(17(21)14-23-18)12-6-11-19-9-3-2-4-10-19/h5,7-8,13,18H,2-4,6,9-12,14H2,1H3. The molecule has 0 spiro atoms. The van der Waals surface area contributed by atoms with Gasteiger partial charge in [0.1, 0.15) is 11.1 Å². The lowest BCUT2D eigenvalue weighted by atomic mass is 10.1. The number of ether oxygens (including phenoxy) is 1. The first-order valence-corrected chi connectivity index (χ1v) is 9.60. The smallest absolute Gasteiger partial charge is 0.233 e. The summed E-state index contributed by atoms with van der Waals surface area (Å²) in [6, 6.07) is 8.10. The molecular weight excluding hydrogens is 308 g/mol. The molecule has 1 unspecified atom stereocenters. The Balaban J connectivity index is 1.58. The van der Waals surface area contributed by atoms with Crippen molar-refractivity contribution in [3.63, 3.8) is 0 Å². The largest absolute Gasteiger partial charge is 0.497 e. The van der Waals surface area contributed by atoms with Gasteiger partial charge in [-0.15, -0.1) is 11.8 Å². The van der Waals surface area contributed by atoms with Gasteiger partial charge in [-0.05, 0) is 56.6 Å². The number of hydrogen-bond acceptors (Lipinski definition) is 4. The summed E-state index contributed by atoms with van der Waals surface area (Å²) in [5.41, 5.74) is 1.16. The average molecular weight is 334 g/mol. The van der Waals surface area contributed by atoms with E-state index in [1.165, 1.54) is 32.4 Å². The van der Waals surface area contributed by atoms with Crippen LogP contribution < -0.4 is 4.74 Å². The Morgan fingerprint density at radius 2 is 2.04 bits per heavy atom. The molecule has 0 radical (unpaired) electrons. The first-order valence-electron chi connectivity index (χ1n) is 8.55. The fourth-order valence-corrected chi connectivity index (χ4v) is 4.62. The second kappa shape index (κ2) is 8.06. The zero-order valence-corrected chi connectivity index (χ0v) is 14.7. The fourth-order valence-electron chi connectivity index (χ4n) is 3.41. The van der Waals surface area contributed by atoms with Crippen LogP contribution in [0.25, 0.3) is 0 Å². The van der Waals surface area contributed by atoms with Crippen LogP contribution in [0.3, 0.4) is 0 Å². The Kier molecular flexibility index (Phi) is 5.84. The molecule has 2 aliphatic rings. The highest BCUT2D eigenvalue weighted by molar-refractivity contribution is 8.00. The first-order chi connectivity index (χ1) is 11.3. The number of amides is 1. The van der Waals surface area contributed by atoms with Gasteiger partial charge in [0, 0.05) is 6.54 Å².